The Morgan fingerprint density at radius 1 is 1.30 bits per heavy atom. The van der Waals surface area contributed by atoms with E-state index in [1.165, 1.54) is 23.4 Å². The molecule has 1 atom stereocenters. The van der Waals surface area contributed by atoms with E-state index in [2.05, 4.69) is 0 Å². The van der Waals surface area contributed by atoms with Gasteiger partial charge in [0.1, 0.15) is 0 Å². The maximum absolute atomic E-state index is 12.5. The summed E-state index contributed by atoms with van der Waals surface area (Å²) >= 11 is 5.94. The summed E-state index contributed by atoms with van der Waals surface area (Å²) in [6.07, 6.45) is 0.466. The zero-order valence-electron chi connectivity index (χ0n) is 12.5. The molecule has 0 spiro atoms. The number of hydrogen-bond acceptors (Lipinski definition) is 5. The summed E-state index contributed by atoms with van der Waals surface area (Å²) in [5.41, 5.74) is 4.91. The highest BCUT2D eigenvalue weighted by Gasteiger charge is 2.29. The van der Waals surface area contributed by atoms with Gasteiger partial charge in [-0.25, -0.2) is 13.2 Å². The molecule has 23 heavy (non-hydrogen) atoms. The Labute approximate surface area is 139 Å². The molecular weight excluding hydrogens is 344 g/mol. The summed E-state index contributed by atoms with van der Waals surface area (Å²) in [4.78, 5) is 23.0. The van der Waals surface area contributed by atoms with Crippen molar-refractivity contribution in [1.82, 2.24) is 4.31 Å². The molecule has 0 unspecified atom stereocenters. The maximum atomic E-state index is 12.5. The Bertz CT molecular complexity index is 729. The Morgan fingerprint density at radius 3 is 2.48 bits per heavy atom. The third kappa shape index (κ3) is 3.82. The van der Waals surface area contributed by atoms with Gasteiger partial charge >= 0.3 is 5.97 Å². The van der Waals surface area contributed by atoms with Crippen molar-refractivity contribution in [3.8, 4) is 0 Å². The SMILES string of the molecule is C[C@H](OC(=O)c1cc(S(=O)(=O)N2CCCC2)ccc1Cl)C(N)=O. The van der Waals surface area contributed by atoms with Crippen LogP contribution in [0.3, 0.4) is 0 Å². The summed E-state index contributed by atoms with van der Waals surface area (Å²) in [5, 5.41) is 0.0343. The summed E-state index contributed by atoms with van der Waals surface area (Å²) < 4.78 is 31.2. The van der Waals surface area contributed by atoms with Crippen LogP contribution >= 0.6 is 11.6 Å². The number of primary amides is 1. The first-order chi connectivity index (χ1) is 10.7. The van der Waals surface area contributed by atoms with E-state index in [-0.39, 0.29) is 15.5 Å². The van der Waals surface area contributed by atoms with E-state index < -0.39 is 28.0 Å². The molecular formula is C14H17ClN2O5S. The van der Waals surface area contributed by atoms with Crippen molar-refractivity contribution >= 4 is 33.5 Å². The van der Waals surface area contributed by atoms with Crippen LogP contribution in [0.5, 0.6) is 0 Å². The molecule has 1 aliphatic rings. The molecule has 0 aromatic heterocycles. The molecule has 0 aliphatic carbocycles. The summed E-state index contributed by atoms with van der Waals surface area (Å²) in [6, 6.07) is 3.81. The fourth-order valence-corrected chi connectivity index (χ4v) is 3.92. The van der Waals surface area contributed by atoms with Gasteiger partial charge in [0.2, 0.25) is 10.0 Å². The Hall–Kier alpha value is -1.64. The second-order valence-electron chi connectivity index (χ2n) is 5.20. The van der Waals surface area contributed by atoms with Crippen LogP contribution in [0.2, 0.25) is 5.02 Å². The lowest BCUT2D eigenvalue weighted by Gasteiger charge is -2.16. The number of amides is 1. The van der Waals surface area contributed by atoms with Crippen molar-refractivity contribution in [1.29, 1.82) is 0 Å². The zero-order chi connectivity index (χ0) is 17.2. The molecule has 1 saturated heterocycles. The van der Waals surface area contributed by atoms with Gasteiger partial charge in [0, 0.05) is 13.1 Å². The minimum absolute atomic E-state index is 0.0343. The highest BCUT2D eigenvalue weighted by molar-refractivity contribution is 7.89. The quantitative estimate of drug-likeness (QED) is 0.793. The first-order valence-corrected chi connectivity index (χ1v) is 8.85. The fourth-order valence-electron chi connectivity index (χ4n) is 2.18. The van der Waals surface area contributed by atoms with Crippen LogP contribution < -0.4 is 5.73 Å². The lowest BCUT2D eigenvalue weighted by atomic mass is 10.2. The largest absolute Gasteiger partial charge is 0.449 e. The van der Waals surface area contributed by atoms with Gasteiger partial charge in [-0.2, -0.15) is 4.31 Å². The molecule has 0 radical (unpaired) electrons. The van der Waals surface area contributed by atoms with Crippen LogP contribution in [0.4, 0.5) is 0 Å². The third-order valence-corrected chi connectivity index (χ3v) is 5.77. The van der Waals surface area contributed by atoms with E-state index >= 15 is 0 Å². The summed E-state index contributed by atoms with van der Waals surface area (Å²) in [7, 11) is -3.68. The molecule has 126 valence electrons. The summed E-state index contributed by atoms with van der Waals surface area (Å²) in [6.45, 7) is 2.21. The Balaban J connectivity index is 2.32. The third-order valence-electron chi connectivity index (χ3n) is 3.55. The van der Waals surface area contributed by atoms with E-state index in [1.807, 2.05) is 0 Å². The molecule has 1 amide bonds. The molecule has 2 rings (SSSR count). The van der Waals surface area contributed by atoms with Gasteiger partial charge in [-0.05, 0) is 38.0 Å². The van der Waals surface area contributed by atoms with Gasteiger partial charge in [-0.3, -0.25) is 4.79 Å². The molecule has 2 N–H and O–H groups in total. The number of nitrogens with two attached hydrogens (primary N) is 1. The minimum Gasteiger partial charge on any atom is -0.449 e. The fraction of sp³-hybridized carbons (Fsp3) is 0.429. The van der Waals surface area contributed by atoms with Crippen molar-refractivity contribution in [2.75, 3.05) is 13.1 Å². The zero-order valence-corrected chi connectivity index (χ0v) is 14.1. The normalized spacial score (nSPS) is 17.0. The number of carbonyl (C=O) groups excluding carboxylic acids is 2. The molecule has 0 saturated carbocycles. The number of halogens is 1. The average Bonchev–Trinajstić information content (AvgIpc) is 3.02. The van der Waals surface area contributed by atoms with Gasteiger partial charge < -0.3 is 10.5 Å². The first kappa shape index (κ1) is 17.7. The summed E-state index contributed by atoms with van der Waals surface area (Å²) in [5.74, 6) is -1.71. The van der Waals surface area contributed by atoms with Crippen LogP contribution in [-0.2, 0) is 19.6 Å². The second-order valence-corrected chi connectivity index (χ2v) is 7.55. The smallest absolute Gasteiger partial charge is 0.340 e. The van der Waals surface area contributed by atoms with Crippen LogP contribution in [0.25, 0.3) is 0 Å². The molecule has 9 heteroatoms. The number of nitrogens with zero attached hydrogens (tertiary/aromatic N) is 1. The number of benzene rings is 1. The number of carbonyl (C=O) groups is 2. The van der Waals surface area contributed by atoms with Crippen molar-refractivity contribution in [2.24, 2.45) is 5.73 Å². The number of ether oxygens (including phenoxy) is 1. The number of sulfonamides is 1. The van der Waals surface area contributed by atoms with Crippen molar-refractivity contribution in [3.05, 3.63) is 28.8 Å². The monoisotopic (exact) mass is 360 g/mol. The lowest BCUT2D eigenvalue weighted by Crippen LogP contribution is -2.31. The van der Waals surface area contributed by atoms with Gasteiger partial charge in [-0.15, -0.1) is 0 Å². The predicted octanol–water partition coefficient (Wildman–Crippen LogP) is 1.16. The van der Waals surface area contributed by atoms with Gasteiger partial charge in [0.15, 0.2) is 6.10 Å². The molecule has 1 aliphatic heterocycles. The number of esters is 1. The van der Waals surface area contributed by atoms with Crippen LogP contribution in [-0.4, -0.2) is 43.8 Å². The van der Waals surface area contributed by atoms with Crippen molar-refractivity contribution in [2.45, 2.75) is 30.8 Å². The Morgan fingerprint density at radius 2 is 1.91 bits per heavy atom. The molecule has 1 heterocycles. The van der Waals surface area contributed by atoms with E-state index in [4.69, 9.17) is 22.1 Å². The number of rotatable bonds is 5. The first-order valence-electron chi connectivity index (χ1n) is 7.03. The average molecular weight is 361 g/mol. The van der Waals surface area contributed by atoms with Crippen molar-refractivity contribution in [3.63, 3.8) is 0 Å². The maximum Gasteiger partial charge on any atom is 0.340 e. The van der Waals surface area contributed by atoms with Crippen LogP contribution in [0.1, 0.15) is 30.1 Å². The molecule has 1 aromatic rings. The minimum atomic E-state index is -3.68. The predicted molar refractivity (Wildman–Crippen MR) is 83.5 cm³/mol. The lowest BCUT2D eigenvalue weighted by molar-refractivity contribution is -0.125. The molecule has 1 fully saturated rings. The van der Waals surface area contributed by atoms with Gasteiger partial charge in [-0.1, -0.05) is 11.6 Å². The van der Waals surface area contributed by atoms with E-state index in [9.17, 15) is 18.0 Å². The van der Waals surface area contributed by atoms with Gasteiger partial charge in [0.05, 0.1) is 15.5 Å². The van der Waals surface area contributed by atoms with E-state index in [0.29, 0.717) is 13.1 Å². The van der Waals surface area contributed by atoms with Gasteiger partial charge in [0.25, 0.3) is 5.91 Å². The van der Waals surface area contributed by atoms with Crippen LogP contribution in [0.15, 0.2) is 23.1 Å². The van der Waals surface area contributed by atoms with E-state index in [1.54, 1.807) is 0 Å². The topological polar surface area (TPSA) is 107 Å². The van der Waals surface area contributed by atoms with E-state index in [0.717, 1.165) is 18.9 Å². The second kappa shape index (κ2) is 6.86. The highest BCUT2D eigenvalue weighted by atomic mass is 35.5. The Kier molecular flexibility index (Phi) is 5.28. The number of hydrogen-bond donors (Lipinski definition) is 1. The standard InChI is InChI=1S/C14H17ClN2O5S/c1-9(13(16)18)22-14(19)11-8-10(4-5-12(11)15)23(20,21)17-6-2-3-7-17/h4-5,8-9H,2-3,6-7H2,1H3,(H2,16,18)/t9-/m0/s1. The molecule has 0 bridgehead atoms. The highest BCUT2D eigenvalue weighted by Crippen LogP contribution is 2.26. The molecule has 1 aromatic carbocycles. The molecule has 7 nitrogen and oxygen atoms in total. The van der Waals surface area contributed by atoms with Crippen LogP contribution in [0, 0.1) is 0 Å². The van der Waals surface area contributed by atoms with Crippen molar-refractivity contribution < 1.29 is 22.7 Å².